The standard InChI is InChI=1S/C17H12ClFN2OS/c1-10-2-4-11(5-3-10)17-21-15(9-23-17)16(22)20-14-7-6-12(19)8-13(14)18/h2-9H,1H3,(H,20,22). The maximum absolute atomic E-state index is 13.0. The van der Waals surface area contributed by atoms with E-state index >= 15 is 0 Å². The van der Waals surface area contributed by atoms with Crippen LogP contribution in [0.2, 0.25) is 5.02 Å². The highest BCUT2D eigenvalue weighted by atomic mass is 35.5. The molecule has 1 amide bonds. The van der Waals surface area contributed by atoms with Crippen LogP contribution < -0.4 is 5.32 Å². The van der Waals surface area contributed by atoms with Crippen molar-refractivity contribution < 1.29 is 9.18 Å². The molecule has 0 spiro atoms. The molecular weight excluding hydrogens is 335 g/mol. The molecule has 0 unspecified atom stereocenters. The van der Waals surface area contributed by atoms with Crippen molar-refractivity contribution in [1.29, 1.82) is 0 Å². The Labute approximate surface area is 141 Å². The molecule has 6 heteroatoms. The molecule has 3 aromatic rings. The summed E-state index contributed by atoms with van der Waals surface area (Å²) >= 11 is 7.29. The second kappa shape index (κ2) is 6.48. The number of anilines is 1. The number of hydrogen-bond donors (Lipinski definition) is 1. The number of carbonyl (C=O) groups is 1. The van der Waals surface area contributed by atoms with Gasteiger partial charge in [0.05, 0.1) is 10.7 Å². The van der Waals surface area contributed by atoms with E-state index in [0.29, 0.717) is 11.4 Å². The molecule has 3 rings (SSSR count). The van der Waals surface area contributed by atoms with Crippen molar-refractivity contribution in [3.05, 3.63) is 69.9 Å². The van der Waals surface area contributed by atoms with Crippen molar-refractivity contribution in [2.24, 2.45) is 0 Å². The van der Waals surface area contributed by atoms with E-state index in [1.54, 1.807) is 5.38 Å². The van der Waals surface area contributed by atoms with Crippen molar-refractivity contribution in [3.8, 4) is 10.6 Å². The second-order valence-corrected chi connectivity index (χ2v) is 6.25. The van der Waals surface area contributed by atoms with Crippen molar-refractivity contribution in [1.82, 2.24) is 4.98 Å². The Morgan fingerprint density at radius 1 is 1.22 bits per heavy atom. The van der Waals surface area contributed by atoms with Crippen LogP contribution in [-0.4, -0.2) is 10.9 Å². The molecule has 0 aliphatic heterocycles. The topological polar surface area (TPSA) is 42.0 Å². The number of rotatable bonds is 3. The van der Waals surface area contributed by atoms with Crippen LogP contribution in [0.1, 0.15) is 16.1 Å². The largest absolute Gasteiger partial charge is 0.319 e. The van der Waals surface area contributed by atoms with Gasteiger partial charge in [0.2, 0.25) is 0 Å². The van der Waals surface area contributed by atoms with E-state index in [1.165, 1.54) is 23.5 Å². The highest BCUT2D eigenvalue weighted by molar-refractivity contribution is 7.13. The zero-order valence-electron chi connectivity index (χ0n) is 12.1. The van der Waals surface area contributed by atoms with Crippen molar-refractivity contribution in [2.45, 2.75) is 6.92 Å². The predicted octanol–water partition coefficient (Wildman–Crippen LogP) is 5.16. The molecule has 0 atom stereocenters. The SMILES string of the molecule is Cc1ccc(-c2nc(C(=O)Nc3ccc(F)cc3Cl)cs2)cc1. The average Bonchev–Trinajstić information content (AvgIpc) is 3.01. The first-order valence-electron chi connectivity index (χ1n) is 6.82. The minimum atomic E-state index is -0.455. The third-order valence-corrected chi connectivity index (χ3v) is 4.42. The molecule has 1 aromatic heterocycles. The quantitative estimate of drug-likeness (QED) is 0.711. The molecule has 116 valence electrons. The Kier molecular flexibility index (Phi) is 4.41. The highest BCUT2D eigenvalue weighted by Crippen LogP contribution is 2.26. The van der Waals surface area contributed by atoms with Gasteiger partial charge in [0.1, 0.15) is 16.5 Å². The molecule has 0 bridgehead atoms. The number of aromatic nitrogens is 1. The maximum atomic E-state index is 13.0. The van der Waals surface area contributed by atoms with Gasteiger partial charge in [-0.05, 0) is 25.1 Å². The number of nitrogens with one attached hydrogen (secondary N) is 1. The molecule has 0 aliphatic carbocycles. The Morgan fingerprint density at radius 3 is 2.65 bits per heavy atom. The van der Waals surface area contributed by atoms with E-state index in [2.05, 4.69) is 10.3 Å². The summed E-state index contributed by atoms with van der Waals surface area (Å²) < 4.78 is 13.0. The van der Waals surface area contributed by atoms with E-state index in [9.17, 15) is 9.18 Å². The van der Waals surface area contributed by atoms with Crippen LogP contribution in [0, 0.1) is 12.7 Å². The smallest absolute Gasteiger partial charge is 0.275 e. The minimum Gasteiger partial charge on any atom is -0.319 e. The molecule has 3 nitrogen and oxygen atoms in total. The molecule has 1 N–H and O–H groups in total. The van der Waals surface area contributed by atoms with Crippen molar-refractivity contribution >= 4 is 34.5 Å². The van der Waals surface area contributed by atoms with E-state index in [-0.39, 0.29) is 10.9 Å². The summed E-state index contributed by atoms with van der Waals surface area (Å²) in [4.78, 5) is 16.6. The van der Waals surface area contributed by atoms with E-state index in [1.807, 2.05) is 31.2 Å². The number of hydrogen-bond acceptors (Lipinski definition) is 3. The maximum Gasteiger partial charge on any atom is 0.275 e. The molecule has 0 fully saturated rings. The first-order chi connectivity index (χ1) is 11.0. The number of amides is 1. The van der Waals surface area contributed by atoms with E-state index < -0.39 is 5.82 Å². The fourth-order valence-electron chi connectivity index (χ4n) is 1.98. The molecular formula is C17H12ClFN2OS. The Morgan fingerprint density at radius 2 is 1.96 bits per heavy atom. The zero-order chi connectivity index (χ0) is 16.4. The summed E-state index contributed by atoms with van der Waals surface area (Å²) in [6.07, 6.45) is 0. The predicted molar refractivity (Wildman–Crippen MR) is 91.7 cm³/mol. The van der Waals surface area contributed by atoms with E-state index in [4.69, 9.17) is 11.6 Å². The van der Waals surface area contributed by atoms with Crippen LogP contribution in [0.15, 0.2) is 47.8 Å². The monoisotopic (exact) mass is 346 g/mol. The van der Waals surface area contributed by atoms with Gasteiger partial charge in [-0.15, -0.1) is 11.3 Å². The normalized spacial score (nSPS) is 10.6. The van der Waals surface area contributed by atoms with Gasteiger partial charge in [0, 0.05) is 10.9 Å². The zero-order valence-corrected chi connectivity index (χ0v) is 13.7. The summed E-state index contributed by atoms with van der Waals surface area (Å²) in [6, 6.07) is 11.7. The highest BCUT2D eigenvalue weighted by Gasteiger charge is 2.13. The number of halogens is 2. The molecule has 1 heterocycles. The Balaban J connectivity index is 1.79. The van der Waals surface area contributed by atoms with Crippen LogP contribution in [0.5, 0.6) is 0 Å². The lowest BCUT2D eigenvalue weighted by molar-refractivity contribution is 0.102. The summed E-state index contributed by atoms with van der Waals surface area (Å²) in [5.41, 5.74) is 2.77. The van der Waals surface area contributed by atoms with Crippen LogP contribution >= 0.6 is 22.9 Å². The first-order valence-corrected chi connectivity index (χ1v) is 8.07. The summed E-state index contributed by atoms with van der Waals surface area (Å²) in [5, 5.41) is 5.23. The van der Waals surface area contributed by atoms with Gasteiger partial charge in [-0.25, -0.2) is 9.37 Å². The molecule has 0 radical (unpaired) electrons. The van der Waals surface area contributed by atoms with Crippen molar-refractivity contribution in [3.63, 3.8) is 0 Å². The molecule has 2 aromatic carbocycles. The lowest BCUT2D eigenvalue weighted by Crippen LogP contribution is -2.12. The van der Waals surface area contributed by atoms with Gasteiger partial charge in [0.15, 0.2) is 0 Å². The van der Waals surface area contributed by atoms with Gasteiger partial charge in [0.25, 0.3) is 5.91 Å². The number of thiazole rings is 1. The molecule has 0 saturated carbocycles. The number of carbonyl (C=O) groups excluding carboxylic acids is 1. The van der Waals surface area contributed by atoms with Crippen molar-refractivity contribution in [2.75, 3.05) is 5.32 Å². The van der Waals surface area contributed by atoms with Gasteiger partial charge in [-0.1, -0.05) is 41.4 Å². The van der Waals surface area contributed by atoms with Gasteiger partial charge in [-0.2, -0.15) is 0 Å². The fourth-order valence-corrected chi connectivity index (χ4v) is 3.00. The van der Waals surface area contributed by atoms with Crippen LogP contribution in [0.4, 0.5) is 10.1 Å². The third kappa shape index (κ3) is 3.57. The molecule has 23 heavy (non-hydrogen) atoms. The summed E-state index contributed by atoms with van der Waals surface area (Å²) in [5.74, 6) is -0.837. The van der Waals surface area contributed by atoms with Crippen LogP contribution in [0.25, 0.3) is 10.6 Å². The number of aryl methyl sites for hydroxylation is 1. The lowest BCUT2D eigenvalue weighted by atomic mass is 10.2. The van der Waals surface area contributed by atoms with Crippen LogP contribution in [0.3, 0.4) is 0 Å². The summed E-state index contributed by atoms with van der Waals surface area (Å²) in [7, 11) is 0. The fraction of sp³-hybridized carbons (Fsp3) is 0.0588. The average molecular weight is 347 g/mol. The van der Waals surface area contributed by atoms with Gasteiger partial charge >= 0.3 is 0 Å². The molecule has 0 aliphatic rings. The van der Waals surface area contributed by atoms with Gasteiger partial charge < -0.3 is 5.32 Å². The summed E-state index contributed by atoms with van der Waals surface area (Å²) in [6.45, 7) is 2.01. The number of nitrogens with zero attached hydrogens (tertiary/aromatic N) is 1. The van der Waals surface area contributed by atoms with E-state index in [0.717, 1.165) is 22.2 Å². The number of benzene rings is 2. The second-order valence-electron chi connectivity index (χ2n) is 4.98. The first kappa shape index (κ1) is 15.6. The minimum absolute atomic E-state index is 0.146. The third-order valence-electron chi connectivity index (χ3n) is 3.21. The van der Waals surface area contributed by atoms with Crippen LogP contribution in [-0.2, 0) is 0 Å². The Hall–Kier alpha value is -2.24. The Bertz CT molecular complexity index is 861. The van der Waals surface area contributed by atoms with Gasteiger partial charge in [-0.3, -0.25) is 4.79 Å². The molecule has 0 saturated heterocycles. The lowest BCUT2D eigenvalue weighted by Gasteiger charge is -2.05.